The predicted octanol–water partition coefficient (Wildman–Crippen LogP) is 3.36. The van der Waals surface area contributed by atoms with Crippen molar-refractivity contribution < 1.29 is 8.78 Å². The Morgan fingerprint density at radius 2 is 1.67 bits per heavy atom. The summed E-state index contributed by atoms with van der Waals surface area (Å²) in [6.45, 7) is 5.10. The summed E-state index contributed by atoms with van der Waals surface area (Å²) in [4.78, 5) is 8.71. The fourth-order valence-electron chi connectivity index (χ4n) is 1.86. The van der Waals surface area contributed by atoms with E-state index in [1.165, 1.54) is 6.07 Å². The zero-order valence-corrected chi connectivity index (χ0v) is 12.1. The summed E-state index contributed by atoms with van der Waals surface area (Å²) in [6, 6.07) is 5.63. The maximum Gasteiger partial charge on any atom is 0.159 e. The van der Waals surface area contributed by atoms with E-state index in [0.717, 1.165) is 30.7 Å². The number of benzene rings is 1. The van der Waals surface area contributed by atoms with Crippen molar-refractivity contribution in [3.05, 3.63) is 47.3 Å². The first-order valence-corrected chi connectivity index (χ1v) is 6.92. The number of nitrogens with one attached hydrogen (secondary N) is 2. The van der Waals surface area contributed by atoms with Crippen molar-refractivity contribution in [2.75, 3.05) is 17.2 Å². The Labute approximate surface area is 122 Å². The van der Waals surface area contributed by atoms with Crippen LogP contribution in [-0.2, 0) is 13.0 Å². The number of nitrogens with zero attached hydrogens (tertiary/aromatic N) is 2. The van der Waals surface area contributed by atoms with E-state index < -0.39 is 11.6 Å². The van der Waals surface area contributed by atoms with Gasteiger partial charge in [-0.15, -0.1) is 0 Å². The maximum absolute atomic E-state index is 13.1. The van der Waals surface area contributed by atoms with Gasteiger partial charge in [0.1, 0.15) is 17.5 Å². The molecule has 0 aliphatic heterocycles. The van der Waals surface area contributed by atoms with Gasteiger partial charge in [-0.3, -0.25) is 0 Å². The molecule has 2 aromatic rings. The van der Waals surface area contributed by atoms with Crippen LogP contribution in [0.2, 0.25) is 0 Å². The minimum atomic E-state index is -0.848. The smallest absolute Gasteiger partial charge is 0.159 e. The highest BCUT2D eigenvalue weighted by molar-refractivity contribution is 5.47. The van der Waals surface area contributed by atoms with Crippen LogP contribution in [0.1, 0.15) is 25.2 Å². The second-order valence-electron chi connectivity index (χ2n) is 4.54. The van der Waals surface area contributed by atoms with E-state index in [2.05, 4.69) is 20.6 Å². The average molecular weight is 292 g/mol. The number of hydrogen-bond donors (Lipinski definition) is 2. The summed E-state index contributed by atoms with van der Waals surface area (Å²) in [5, 5.41) is 6.24. The van der Waals surface area contributed by atoms with Gasteiger partial charge >= 0.3 is 0 Å². The van der Waals surface area contributed by atoms with Crippen LogP contribution in [0.5, 0.6) is 0 Å². The van der Waals surface area contributed by atoms with Crippen molar-refractivity contribution in [3.63, 3.8) is 0 Å². The lowest BCUT2D eigenvalue weighted by molar-refractivity contribution is 0.507. The number of anilines is 2. The molecule has 6 heteroatoms. The van der Waals surface area contributed by atoms with Crippen LogP contribution in [0.25, 0.3) is 0 Å². The molecule has 2 N–H and O–H groups in total. The first-order chi connectivity index (χ1) is 10.1. The molecule has 0 fully saturated rings. The molecule has 0 unspecified atom stereocenters. The van der Waals surface area contributed by atoms with Crippen LogP contribution >= 0.6 is 0 Å². The highest BCUT2D eigenvalue weighted by Crippen LogP contribution is 2.14. The lowest BCUT2D eigenvalue weighted by Crippen LogP contribution is -2.08. The minimum absolute atomic E-state index is 0.364. The molecule has 0 amide bonds. The van der Waals surface area contributed by atoms with Gasteiger partial charge in [0.15, 0.2) is 11.6 Å². The number of aromatic nitrogens is 2. The summed E-state index contributed by atoms with van der Waals surface area (Å²) >= 11 is 0. The maximum atomic E-state index is 13.1. The molecular weight excluding hydrogens is 274 g/mol. The summed E-state index contributed by atoms with van der Waals surface area (Å²) in [6.07, 6.45) is 0.721. The molecule has 0 radical (unpaired) electrons. The van der Waals surface area contributed by atoms with Gasteiger partial charge < -0.3 is 10.6 Å². The van der Waals surface area contributed by atoms with Crippen molar-refractivity contribution in [2.24, 2.45) is 0 Å². The fourth-order valence-corrected chi connectivity index (χ4v) is 1.86. The summed E-state index contributed by atoms with van der Waals surface area (Å²) in [5.41, 5.74) is 0.649. The molecule has 0 atom stereocenters. The molecule has 0 bridgehead atoms. The first kappa shape index (κ1) is 15.2. The number of aryl methyl sites for hydroxylation is 1. The molecule has 0 spiro atoms. The van der Waals surface area contributed by atoms with E-state index in [1.807, 2.05) is 13.8 Å². The number of halogens is 2. The normalized spacial score (nSPS) is 10.5. The monoisotopic (exact) mass is 292 g/mol. The molecule has 21 heavy (non-hydrogen) atoms. The van der Waals surface area contributed by atoms with Gasteiger partial charge in [-0.05, 0) is 24.6 Å². The van der Waals surface area contributed by atoms with E-state index in [4.69, 9.17) is 0 Å². The molecule has 1 heterocycles. The number of hydrogen-bond acceptors (Lipinski definition) is 4. The van der Waals surface area contributed by atoms with Gasteiger partial charge in [0.2, 0.25) is 0 Å². The fraction of sp³-hybridized carbons (Fsp3) is 0.333. The Morgan fingerprint density at radius 1 is 0.952 bits per heavy atom. The van der Waals surface area contributed by atoms with Gasteiger partial charge in [0.05, 0.1) is 0 Å². The van der Waals surface area contributed by atoms with Crippen LogP contribution < -0.4 is 10.6 Å². The predicted molar refractivity (Wildman–Crippen MR) is 79.3 cm³/mol. The SMILES string of the molecule is CCNc1cc(NCc2ccc(F)c(F)c2)nc(CC)n1. The Hall–Kier alpha value is -2.24. The van der Waals surface area contributed by atoms with Crippen molar-refractivity contribution in [3.8, 4) is 0 Å². The molecule has 1 aromatic heterocycles. The first-order valence-electron chi connectivity index (χ1n) is 6.92. The minimum Gasteiger partial charge on any atom is -0.370 e. The van der Waals surface area contributed by atoms with Crippen molar-refractivity contribution in [1.29, 1.82) is 0 Å². The Kier molecular flexibility index (Phi) is 5.03. The number of rotatable bonds is 6. The topological polar surface area (TPSA) is 49.8 Å². The molecule has 1 aromatic carbocycles. The van der Waals surface area contributed by atoms with Crippen molar-refractivity contribution in [2.45, 2.75) is 26.8 Å². The lowest BCUT2D eigenvalue weighted by Gasteiger charge is -2.10. The third-order valence-electron chi connectivity index (χ3n) is 2.90. The second-order valence-corrected chi connectivity index (χ2v) is 4.54. The Morgan fingerprint density at radius 3 is 2.29 bits per heavy atom. The molecule has 0 saturated carbocycles. The average Bonchev–Trinajstić information content (AvgIpc) is 2.48. The third-order valence-corrected chi connectivity index (χ3v) is 2.90. The molecule has 112 valence electrons. The van der Waals surface area contributed by atoms with E-state index in [1.54, 1.807) is 12.1 Å². The highest BCUT2D eigenvalue weighted by atomic mass is 19.2. The van der Waals surface area contributed by atoms with Gasteiger partial charge in [0.25, 0.3) is 0 Å². The summed E-state index contributed by atoms with van der Waals surface area (Å²) in [5.74, 6) is 0.434. The Balaban J connectivity index is 2.11. The molecular formula is C15H18F2N4. The van der Waals surface area contributed by atoms with Crippen LogP contribution in [0.4, 0.5) is 20.4 Å². The molecule has 4 nitrogen and oxygen atoms in total. The van der Waals surface area contributed by atoms with Crippen LogP contribution in [-0.4, -0.2) is 16.5 Å². The molecule has 0 saturated heterocycles. The summed E-state index contributed by atoms with van der Waals surface area (Å²) in [7, 11) is 0. The van der Waals surface area contributed by atoms with E-state index >= 15 is 0 Å². The van der Waals surface area contributed by atoms with Crippen molar-refractivity contribution >= 4 is 11.6 Å². The van der Waals surface area contributed by atoms with Crippen LogP contribution in [0, 0.1) is 11.6 Å². The van der Waals surface area contributed by atoms with E-state index in [-0.39, 0.29) is 0 Å². The molecule has 0 aliphatic carbocycles. The van der Waals surface area contributed by atoms with Gasteiger partial charge in [-0.2, -0.15) is 0 Å². The zero-order valence-electron chi connectivity index (χ0n) is 12.1. The van der Waals surface area contributed by atoms with Gasteiger partial charge in [-0.25, -0.2) is 18.7 Å². The lowest BCUT2D eigenvalue weighted by atomic mass is 10.2. The van der Waals surface area contributed by atoms with E-state index in [0.29, 0.717) is 17.9 Å². The quantitative estimate of drug-likeness (QED) is 0.857. The van der Waals surface area contributed by atoms with Crippen LogP contribution in [0.15, 0.2) is 24.3 Å². The zero-order chi connectivity index (χ0) is 15.2. The van der Waals surface area contributed by atoms with Gasteiger partial charge in [-0.1, -0.05) is 13.0 Å². The van der Waals surface area contributed by atoms with E-state index in [9.17, 15) is 8.78 Å². The molecule has 2 rings (SSSR count). The van der Waals surface area contributed by atoms with Crippen LogP contribution in [0.3, 0.4) is 0 Å². The molecule has 0 aliphatic rings. The summed E-state index contributed by atoms with van der Waals surface area (Å²) < 4.78 is 26.0. The van der Waals surface area contributed by atoms with Crippen molar-refractivity contribution in [1.82, 2.24) is 9.97 Å². The highest BCUT2D eigenvalue weighted by Gasteiger charge is 2.05. The Bertz CT molecular complexity index is 617. The second kappa shape index (κ2) is 6.97. The third kappa shape index (κ3) is 4.11. The standard InChI is InChI=1S/C15H18F2N4/c1-3-13-20-14(18-4-2)8-15(21-13)19-9-10-5-6-11(16)12(17)7-10/h5-8H,3-4,9H2,1-2H3,(H2,18,19,20,21). The largest absolute Gasteiger partial charge is 0.370 e. The van der Waals surface area contributed by atoms with Gasteiger partial charge in [0, 0.05) is 25.6 Å².